The topological polar surface area (TPSA) is 49.8 Å². The normalized spacial score (nSPS) is 17.9. The highest BCUT2D eigenvalue weighted by molar-refractivity contribution is 6.31. The van der Waals surface area contributed by atoms with E-state index in [1.807, 2.05) is 30.6 Å². The fourth-order valence-corrected chi connectivity index (χ4v) is 4.03. The van der Waals surface area contributed by atoms with E-state index in [1.165, 1.54) is 25.7 Å². The van der Waals surface area contributed by atoms with Crippen LogP contribution in [0.4, 0.5) is 5.69 Å². The Morgan fingerprint density at radius 2 is 1.63 bits per heavy atom. The van der Waals surface area contributed by atoms with Gasteiger partial charge in [0, 0.05) is 59.2 Å². The molecule has 1 saturated carbocycles. The third-order valence-electron chi connectivity index (χ3n) is 5.33. The van der Waals surface area contributed by atoms with Gasteiger partial charge in [0.15, 0.2) is 0 Å². The molecular weight excluding hydrogens is 462 g/mol. The van der Waals surface area contributed by atoms with Gasteiger partial charge < -0.3 is 10.6 Å². The van der Waals surface area contributed by atoms with Crippen molar-refractivity contribution in [3.8, 4) is 0 Å². The molecule has 164 valence electrons. The fourth-order valence-electron chi connectivity index (χ4n) is 3.86. The molecule has 0 atom stereocenters. The minimum atomic E-state index is 0. The van der Waals surface area contributed by atoms with Crippen molar-refractivity contribution in [2.75, 3.05) is 11.9 Å². The maximum atomic E-state index is 6.09. The van der Waals surface area contributed by atoms with Crippen molar-refractivity contribution >= 4 is 65.4 Å². The largest absolute Gasteiger partial charge is 0.382 e. The Kier molecular flexibility index (Phi) is 11.7. The van der Waals surface area contributed by atoms with Crippen LogP contribution in [0.15, 0.2) is 54.9 Å². The molecule has 2 heterocycles. The number of rotatable bonds is 6. The molecule has 1 aliphatic carbocycles. The number of hydrogen-bond donors (Lipinski definition) is 2. The Morgan fingerprint density at radius 1 is 0.867 bits per heavy atom. The average molecular weight is 490 g/mol. The van der Waals surface area contributed by atoms with Crippen molar-refractivity contribution in [1.82, 2.24) is 15.3 Å². The Morgan fingerprint density at radius 3 is 2.37 bits per heavy atom. The van der Waals surface area contributed by atoms with E-state index >= 15 is 0 Å². The van der Waals surface area contributed by atoms with E-state index in [2.05, 4.69) is 44.9 Å². The lowest BCUT2D eigenvalue weighted by molar-refractivity contribution is 0.355. The average Bonchev–Trinajstić information content (AvgIpc) is 2.70. The van der Waals surface area contributed by atoms with Gasteiger partial charge in [-0.1, -0.05) is 17.7 Å². The van der Waals surface area contributed by atoms with Gasteiger partial charge in [-0.3, -0.25) is 9.97 Å². The zero-order chi connectivity index (χ0) is 18.5. The predicted molar refractivity (Wildman–Crippen MR) is 134 cm³/mol. The SMILES string of the molecule is Cl.Cl.Cl.Clc1ccc2c(NC3CCC(NCCc4ccccn4)CC3)ccnc2c1. The van der Waals surface area contributed by atoms with E-state index in [4.69, 9.17) is 11.6 Å². The van der Waals surface area contributed by atoms with Crippen LogP contribution < -0.4 is 10.6 Å². The van der Waals surface area contributed by atoms with Gasteiger partial charge in [0.25, 0.3) is 0 Å². The molecule has 0 spiro atoms. The molecule has 4 nitrogen and oxygen atoms in total. The van der Waals surface area contributed by atoms with E-state index in [0.717, 1.165) is 40.3 Å². The Labute approximate surface area is 201 Å². The molecule has 0 amide bonds. The molecule has 8 heteroatoms. The molecule has 0 saturated heterocycles. The van der Waals surface area contributed by atoms with Crippen LogP contribution in [0, 0.1) is 0 Å². The van der Waals surface area contributed by atoms with Crippen LogP contribution in [0.2, 0.25) is 5.02 Å². The number of anilines is 1. The van der Waals surface area contributed by atoms with Gasteiger partial charge in [0.05, 0.1) is 5.52 Å². The van der Waals surface area contributed by atoms with Crippen molar-refractivity contribution in [3.05, 3.63) is 65.6 Å². The number of hydrogen-bond acceptors (Lipinski definition) is 4. The van der Waals surface area contributed by atoms with Gasteiger partial charge in [-0.25, -0.2) is 0 Å². The van der Waals surface area contributed by atoms with Gasteiger partial charge in [-0.05, 0) is 62.1 Å². The number of pyridine rings is 2. The molecule has 0 aliphatic heterocycles. The lowest BCUT2D eigenvalue weighted by atomic mass is 9.90. The predicted octanol–water partition coefficient (Wildman–Crippen LogP) is 6.10. The van der Waals surface area contributed by atoms with E-state index in [9.17, 15) is 0 Å². The maximum Gasteiger partial charge on any atom is 0.0737 e. The summed E-state index contributed by atoms with van der Waals surface area (Å²) in [5.74, 6) is 0. The lowest BCUT2D eigenvalue weighted by Gasteiger charge is -2.30. The summed E-state index contributed by atoms with van der Waals surface area (Å²) in [6.07, 6.45) is 9.47. The first kappa shape index (κ1) is 26.7. The molecule has 30 heavy (non-hydrogen) atoms. The highest BCUT2D eigenvalue weighted by atomic mass is 35.5. The van der Waals surface area contributed by atoms with Gasteiger partial charge in [0.1, 0.15) is 0 Å². The quantitative estimate of drug-likeness (QED) is 0.438. The van der Waals surface area contributed by atoms with Crippen LogP contribution in [-0.4, -0.2) is 28.6 Å². The van der Waals surface area contributed by atoms with Crippen LogP contribution in [0.3, 0.4) is 0 Å². The summed E-state index contributed by atoms with van der Waals surface area (Å²) in [5, 5.41) is 9.29. The highest BCUT2D eigenvalue weighted by Crippen LogP contribution is 2.28. The summed E-state index contributed by atoms with van der Waals surface area (Å²) >= 11 is 6.09. The number of nitrogens with one attached hydrogen (secondary N) is 2. The molecular formula is C22H28Cl4N4. The Hall–Kier alpha value is -1.30. The Balaban J connectivity index is 0.00000150. The molecule has 1 aliphatic rings. The van der Waals surface area contributed by atoms with Crippen molar-refractivity contribution < 1.29 is 0 Å². The summed E-state index contributed by atoms with van der Waals surface area (Å²) in [6, 6.07) is 15.2. The van der Waals surface area contributed by atoms with Gasteiger partial charge >= 0.3 is 0 Å². The highest BCUT2D eigenvalue weighted by Gasteiger charge is 2.21. The number of halogens is 4. The monoisotopic (exact) mass is 488 g/mol. The first-order valence-corrected chi connectivity index (χ1v) is 10.1. The molecule has 1 aromatic carbocycles. The zero-order valence-corrected chi connectivity index (χ0v) is 19.8. The number of aromatic nitrogens is 2. The minimum absolute atomic E-state index is 0. The maximum absolute atomic E-state index is 6.09. The molecule has 0 radical (unpaired) electrons. The molecule has 0 unspecified atom stereocenters. The molecule has 4 rings (SSSR count). The van der Waals surface area contributed by atoms with Gasteiger partial charge in [-0.2, -0.15) is 0 Å². The molecule has 1 fully saturated rings. The van der Waals surface area contributed by atoms with E-state index in [-0.39, 0.29) is 37.2 Å². The molecule has 2 N–H and O–H groups in total. The molecule has 3 aromatic rings. The summed E-state index contributed by atoms with van der Waals surface area (Å²) in [5.41, 5.74) is 3.26. The first-order chi connectivity index (χ1) is 13.3. The molecule has 0 bridgehead atoms. The van der Waals surface area contributed by atoms with E-state index in [0.29, 0.717) is 12.1 Å². The van der Waals surface area contributed by atoms with Gasteiger partial charge in [0.2, 0.25) is 0 Å². The van der Waals surface area contributed by atoms with Gasteiger partial charge in [-0.15, -0.1) is 37.2 Å². The van der Waals surface area contributed by atoms with Crippen molar-refractivity contribution in [2.24, 2.45) is 0 Å². The van der Waals surface area contributed by atoms with Crippen LogP contribution >= 0.6 is 48.8 Å². The summed E-state index contributed by atoms with van der Waals surface area (Å²) in [6.45, 7) is 0.996. The fraction of sp³-hybridized carbons (Fsp3) is 0.364. The second-order valence-corrected chi connectivity index (χ2v) is 7.67. The number of fused-ring (bicyclic) bond motifs is 1. The minimum Gasteiger partial charge on any atom is -0.382 e. The summed E-state index contributed by atoms with van der Waals surface area (Å²) in [7, 11) is 0. The third kappa shape index (κ3) is 7.14. The first-order valence-electron chi connectivity index (χ1n) is 9.72. The summed E-state index contributed by atoms with van der Waals surface area (Å²) < 4.78 is 0. The van der Waals surface area contributed by atoms with Crippen LogP contribution in [-0.2, 0) is 6.42 Å². The standard InChI is InChI=1S/C22H25ClN4.3ClH/c23-16-4-9-20-21(11-14-26-22(20)15-16)27-19-7-5-18(6-8-19)25-13-10-17-3-1-2-12-24-17;;;/h1-4,9,11-12,14-15,18-19,25H,5-8,10,13H2,(H,26,27);3*1H. The van der Waals surface area contributed by atoms with E-state index in [1.54, 1.807) is 0 Å². The zero-order valence-electron chi connectivity index (χ0n) is 16.6. The lowest BCUT2D eigenvalue weighted by Crippen LogP contribution is -2.37. The number of benzene rings is 1. The summed E-state index contributed by atoms with van der Waals surface area (Å²) in [4.78, 5) is 8.81. The van der Waals surface area contributed by atoms with E-state index < -0.39 is 0 Å². The van der Waals surface area contributed by atoms with Crippen molar-refractivity contribution in [1.29, 1.82) is 0 Å². The Bertz CT molecular complexity index is 887. The number of nitrogens with zero attached hydrogens (tertiary/aromatic N) is 2. The third-order valence-corrected chi connectivity index (χ3v) is 5.57. The smallest absolute Gasteiger partial charge is 0.0737 e. The second-order valence-electron chi connectivity index (χ2n) is 7.24. The van der Waals surface area contributed by atoms with Crippen LogP contribution in [0.5, 0.6) is 0 Å². The van der Waals surface area contributed by atoms with Crippen LogP contribution in [0.25, 0.3) is 10.9 Å². The van der Waals surface area contributed by atoms with Crippen LogP contribution in [0.1, 0.15) is 31.4 Å². The second kappa shape index (κ2) is 13.2. The van der Waals surface area contributed by atoms with Crippen molar-refractivity contribution in [3.63, 3.8) is 0 Å². The van der Waals surface area contributed by atoms with Crippen molar-refractivity contribution in [2.45, 2.75) is 44.2 Å². The molecule has 2 aromatic heterocycles.